The Kier molecular flexibility index (Phi) is 5.34. The molecule has 1 aromatic heterocycles. The van der Waals surface area contributed by atoms with E-state index in [4.69, 9.17) is 10.5 Å². The van der Waals surface area contributed by atoms with Gasteiger partial charge in [0.25, 0.3) is 5.91 Å². The lowest BCUT2D eigenvalue weighted by atomic mass is 10.2. The number of nitrogens with two attached hydrogens (primary N) is 1. The first-order chi connectivity index (χ1) is 10.2. The molecule has 0 radical (unpaired) electrons. The monoisotopic (exact) mass is 288 g/mol. The number of carbonyl (C=O) groups is 1. The fraction of sp³-hybridized carbons (Fsp3) is 0.333. The largest absolute Gasteiger partial charge is 0.484 e. The molecular weight excluding hydrogens is 268 g/mol. The Labute approximate surface area is 123 Å². The molecule has 1 heterocycles. The lowest BCUT2D eigenvalue weighted by Gasteiger charge is -2.06. The zero-order chi connectivity index (χ0) is 15.1. The zero-order valence-corrected chi connectivity index (χ0v) is 12.1. The van der Waals surface area contributed by atoms with Crippen LogP contribution in [0.2, 0.25) is 0 Å². The number of aromatic nitrogens is 2. The van der Waals surface area contributed by atoms with Crippen LogP contribution in [0, 0.1) is 0 Å². The van der Waals surface area contributed by atoms with Crippen LogP contribution in [-0.2, 0) is 17.8 Å². The van der Waals surface area contributed by atoms with Crippen molar-refractivity contribution in [3.63, 3.8) is 0 Å². The van der Waals surface area contributed by atoms with Crippen molar-refractivity contribution in [3.05, 3.63) is 41.6 Å². The van der Waals surface area contributed by atoms with Gasteiger partial charge in [-0.1, -0.05) is 25.5 Å². The normalized spacial score (nSPS) is 10.4. The van der Waals surface area contributed by atoms with Crippen molar-refractivity contribution in [3.8, 4) is 5.75 Å². The summed E-state index contributed by atoms with van der Waals surface area (Å²) in [7, 11) is 0. The van der Waals surface area contributed by atoms with Gasteiger partial charge in [0.05, 0.1) is 0 Å². The predicted octanol–water partition coefficient (Wildman–Crippen LogP) is 1.84. The Hall–Kier alpha value is -2.34. The fourth-order valence-corrected chi connectivity index (χ4v) is 1.87. The first-order valence-corrected chi connectivity index (χ1v) is 6.97. The second-order valence-electron chi connectivity index (χ2n) is 4.71. The summed E-state index contributed by atoms with van der Waals surface area (Å²) in [6, 6.07) is 9.17. The van der Waals surface area contributed by atoms with Crippen LogP contribution in [0.3, 0.4) is 0 Å². The predicted molar refractivity (Wildman–Crippen MR) is 81.0 cm³/mol. The summed E-state index contributed by atoms with van der Waals surface area (Å²) in [5, 5.41) is 9.59. The van der Waals surface area contributed by atoms with Gasteiger partial charge in [-0.2, -0.15) is 5.10 Å². The minimum atomic E-state index is -0.243. The lowest BCUT2D eigenvalue weighted by Crippen LogP contribution is -2.20. The van der Waals surface area contributed by atoms with Crippen LogP contribution in [0.15, 0.2) is 30.3 Å². The van der Waals surface area contributed by atoms with E-state index in [9.17, 15) is 4.79 Å². The topological polar surface area (TPSA) is 93.0 Å². The van der Waals surface area contributed by atoms with E-state index in [1.54, 1.807) is 12.1 Å². The second kappa shape index (κ2) is 7.44. The molecule has 0 unspecified atom stereocenters. The molecule has 0 fully saturated rings. The molecule has 6 heteroatoms. The highest BCUT2D eigenvalue weighted by Gasteiger charge is 2.06. The number of nitrogens with one attached hydrogen (secondary N) is 2. The zero-order valence-electron chi connectivity index (χ0n) is 12.1. The number of hydrogen-bond donors (Lipinski definition) is 3. The third kappa shape index (κ3) is 4.61. The number of anilines is 1. The van der Waals surface area contributed by atoms with Crippen molar-refractivity contribution in [1.29, 1.82) is 0 Å². The summed E-state index contributed by atoms with van der Waals surface area (Å²) in [5.74, 6) is 0.911. The van der Waals surface area contributed by atoms with Crippen molar-refractivity contribution in [1.82, 2.24) is 10.2 Å². The number of aromatic amines is 1. The van der Waals surface area contributed by atoms with Crippen LogP contribution in [0.4, 0.5) is 5.82 Å². The summed E-state index contributed by atoms with van der Waals surface area (Å²) >= 11 is 0. The maximum atomic E-state index is 11.8. The lowest BCUT2D eigenvalue weighted by molar-refractivity contribution is -0.118. The number of amides is 1. The van der Waals surface area contributed by atoms with E-state index in [-0.39, 0.29) is 12.5 Å². The molecule has 6 nitrogen and oxygen atoms in total. The molecule has 0 aliphatic heterocycles. The van der Waals surface area contributed by atoms with Crippen molar-refractivity contribution >= 4 is 11.7 Å². The minimum Gasteiger partial charge on any atom is -0.484 e. The van der Waals surface area contributed by atoms with Crippen LogP contribution < -0.4 is 15.8 Å². The molecule has 0 saturated carbocycles. The molecular formula is C15H20N4O2. The Bertz CT molecular complexity index is 578. The number of hydrogen-bond acceptors (Lipinski definition) is 4. The summed E-state index contributed by atoms with van der Waals surface area (Å²) in [4.78, 5) is 11.8. The summed E-state index contributed by atoms with van der Waals surface area (Å²) < 4.78 is 5.40. The molecule has 0 aliphatic rings. The van der Waals surface area contributed by atoms with Gasteiger partial charge in [-0.05, 0) is 24.1 Å². The average molecular weight is 288 g/mol. The van der Waals surface area contributed by atoms with E-state index in [0.29, 0.717) is 18.1 Å². The van der Waals surface area contributed by atoms with Crippen LogP contribution in [0.25, 0.3) is 0 Å². The third-order valence-electron chi connectivity index (χ3n) is 2.95. The average Bonchev–Trinajstić information content (AvgIpc) is 2.93. The Balaban J connectivity index is 1.80. The van der Waals surface area contributed by atoms with Gasteiger partial charge in [-0.25, -0.2) is 0 Å². The van der Waals surface area contributed by atoms with Crippen molar-refractivity contribution in [2.24, 2.45) is 5.73 Å². The van der Waals surface area contributed by atoms with Crippen molar-refractivity contribution in [2.75, 3.05) is 11.9 Å². The number of nitrogens with zero attached hydrogens (tertiary/aromatic N) is 1. The molecule has 0 bridgehead atoms. The maximum absolute atomic E-state index is 11.8. The second-order valence-corrected chi connectivity index (χ2v) is 4.71. The Morgan fingerprint density at radius 1 is 1.38 bits per heavy atom. The Morgan fingerprint density at radius 3 is 2.81 bits per heavy atom. The van der Waals surface area contributed by atoms with E-state index < -0.39 is 0 Å². The van der Waals surface area contributed by atoms with Gasteiger partial charge < -0.3 is 15.8 Å². The standard InChI is InChI=1S/C15H20N4O2/c1-2-3-12-8-14(19-18-12)17-15(20)10-21-13-6-4-11(9-16)5-7-13/h4-8H,2-3,9-10,16H2,1H3,(H2,17,18,19,20). The highest BCUT2D eigenvalue weighted by molar-refractivity contribution is 5.90. The van der Waals surface area contributed by atoms with Crippen LogP contribution in [-0.4, -0.2) is 22.7 Å². The van der Waals surface area contributed by atoms with Gasteiger partial charge in [0.2, 0.25) is 0 Å². The molecule has 1 amide bonds. The summed E-state index contributed by atoms with van der Waals surface area (Å²) in [5.41, 5.74) is 7.54. The first-order valence-electron chi connectivity index (χ1n) is 6.97. The van der Waals surface area contributed by atoms with Gasteiger partial charge in [0.1, 0.15) is 5.75 Å². The third-order valence-corrected chi connectivity index (χ3v) is 2.95. The van der Waals surface area contributed by atoms with Crippen LogP contribution in [0.5, 0.6) is 5.75 Å². The number of carbonyl (C=O) groups excluding carboxylic acids is 1. The molecule has 0 atom stereocenters. The molecule has 0 saturated heterocycles. The van der Waals surface area contributed by atoms with Crippen molar-refractivity contribution < 1.29 is 9.53 Å². The first kappa shape index (κ1) is 15.1. The smallest absolute Gasteiger partial charge is 0.263 e. The summed E-state index contributed by atoms with van der Waals surface area (Å²) in [6.07, 6.45) is 1.93. The minimum absolute atomic E-state index is 0.0576. The quantitative estimate of drug-likeness (QED) is 0.724. The molecule has 2 aromatic rings. The number of H-pyrrole nitrogens is 1. The molecule has 0 spiro atoms. The number of benzene rings is 1. The van der Waals surface area contributed by atoms with E-state index in [1.807, 2.05) is 18.2 Å². The maximum Gasteiger partial charge on any atom is 0.263 e. The van der Waals surface area contributed by atoms with E-state index in [2.05, 4.69) is 22.4 Å². The van der Waals surface area contributed by atoms with Gasteiger partial charge >= 0.3 is 0 Å². The molecule has 1 aromatic carbocycles. The Morgan fingerprint density at radius 2 is 2.14 bits per heavy atom. The molecule has 2 rings (SSSR count). The van der Waals surface area contributed by atoms with E-state index in [0.717, 1.165) is 24.1 Å². The molecule has 0 aliphatic carbocycles. The fourth-order valence-electron chi connectivity index (χ4n) is 1.87. The number of ether oxygens (including phenoxy) is 1. The van der Waals surface area contributed by atoms with Gasteiger partial charge in [-0.15, -0.1) is 0 Å². The summed E-state index contributed by atoms with van der Waals surface area (Å²) in [6.45, 7) is 2.51. The van der Waals surface area contributed by atoms with Gasteiger partial charge in [0.15, 0.2) is 12.4 Å². The van der Waals surface area contributed by atoms with Gasteiger partial charge in [-0.3, -0.25) is 9.89 Å². The molecule has 112 valence electrons. The molecule has 21 heavy (non-hydrogen) atoms. The van der Waals surface area contributed by atoms with Crippen molar-refractivity contribution in [2.45, 2.75) is 26.3 Å². The van der Waals surface area contributed by atoms with Crippen LogP contribution >= 0.6 is 0 Å². The van der Waals surface area contributed by atoms with Gasteiger partial charge in [0, 0.05) is 18.3 Å². The van der Waals surface area contributed by atoms with E-state index >= 15 is 0 Å². The van der Waals surface area contributed by atoms with E-state index in [1.165, 1.54) is 0 Å². The SMILES string of the molecule is CCCc1cc(NC(=O)COc2ccc(CN)cc2)n[nH]1. The highest BCUT2D eigenvalue weighted by Crippen LogP contribution is 2.12. The number of aryl methyl sites for hydroxylation is 1. The molecule has 4 N–H and O–H groups in total. The number of rotatable bonds is 7. The van der Waals surface area contributed by atoms with Crippen LogP contribution in [0.1, 0.15) is 24.6 Å². The highest BCUT2D eigenvalue weighted by atomic mass is 16.5.